The number of carboxylic acid groups (broad SMARTS) is 1. The van der Waals surface area contributed by atoms with Gasteiger partial charge in [0.05, 0.1) is 35.5 Å². The van der Waals surface area contributed by atoms with Gasteiger partial charge in [-0.05, 0) is 217 Å². The summed E-state index contributed by atoms with van der Waals surface area (Å²) in [5.74, 6) is -4.34. The van der Waals surface area contributed by atoms with Crippen molar-refractivity contribution in [1.29, 1.82) is 0 Å². The van der Waals surface area contributed by atoms with Crippen molar-refractivity contribution in [2.45, 2.75) is 232 Å². The number of aryl methyl sites for hydroxylation is 4. The van der Waals surface area contributed by atoms with E-state index in [0.717, 1.165) is 76.1 Å². The zero-order chi connectivity index (χ0) is 87.1. The van der Waals surface area contributed by atoms with Crippen LogP contribution in [0.1, 0.15) is 235 Å². The number of fused-ring (bicyclic) bond motifs is 8. The number of rotatable bonds is 24. The second kappa shape index (κ2) is 45.8. The van der Waals surface area contributed by atoms with Gasteiger partial charge in [-0.15, -0.1) is 0 Å². The van der Waals surface area contributed by atoms with Crippen molar-refractivity contribution in [2.75, 3.05) is 26.4 Å². The SMILES string of the molecule is C.C.C.CC.CC(C)(C)OC(=O)c1c2ccccc2c(CCC(=O)O)c2ccccc12.CC(C)(C)OC(=O)c1c2ccccc2c(CCC(=O)OCC(COC(=O)CCc2c3ccccc3c(C(=O)OC(C)(C)C)c3ccccc23)OC(=O)CCc2c3ccccc3c(C(=O)OC(C)(C)C)c3ccccc23)c2ccccc12.CCCC.OCC(O)CO. The first-order valence-corrected chi connectivity index (χ1v) is 40.8. The fourth-order valence-corrected chi connectivity index (χ4v) is 14.0. The maximum atomic E-state index is 14.1. The molecule has 4 N–H and O–H groups in total. The number of benzene rings is 12. The fourth-order valence-electron chi connectivity index (χ4n) is 14.0. The first-order valence-electron chi connectivity index (χ1n) is 40.8. The van der Waals surface area contributed by atoms with E-state index in [1.165, 1.54) is 12.8 Å². The molecule has 122 heavy (non-hydrogen) atoms. The number of aliphatic carboxylic acids is 1. The molecule has 0 aliphatic heterocycles. The summed E-state index contributed by atoms with van der Waals surface area (Å²) in [7, 11) is 0. The quantitative estimate of drug-likeness (QED) is 0.0248. The first kappa shape index (κ1) is 101. The molecule has 12 aromatic carbocycles. The minimum absolute atomic E-state index is 0. The van der Waals surface area contributed by atoms with Crippen molar-refractivity contribution in [3.8, 4) is 0 Å². The Kier molecular flexibility index (Phi) is 37.9. The number of hydrogen-bond acceptors (Lipinski definition) is 18. The highest BCUT2D eigenvalue weighted by molar-refractivity contribution is 6.22. The van der Waals surface area contributed by atoms with E-state index in [9.17, 15) is 38.4 Å². The predicted octanol–water partition coefficient (Wildman–Crippen LogP) is 22.7. The van der Waals surface area contributed by atoms with Gasteiger partial charge in [0.1, 0.15) is 41.7 Å². The van der Waals surface area contributed by atoms with Crippen molar-refractivity contribution in [1.82, 2.24) is 0 Å². The lowest BCUT2D eigenvalue weighted by Crippen LogP contribution is -2.31. The summed E-state index contributed by atoms with van der Waals surface area (Å²) in [6, 6.07) is 60.4. The number of unbranched alkanes of at least 4 members (excludes halogenated alkanes) is 1. The molecule has 0 aromatic heterocycles. The average Bonchev–Trinajstić information content (AvgIpc) is 0.765. The Bertz CT molecular complexity index is 5210. The van der Waals surface area contributed by atoms with Gasteiger partial charge in [0.2, 0.25) is 0 Å². The van der Waals surface area contributed by atoms with Crippen LogP contribution in [-0.4, -0.2) is 129 Å². The van der Waals surface area contributed by atoms with Gasteiger partial charge in [-0.25, -0.2) is 19.2 Å². The third-order valence-electron chi connectivity index (χ3n) is 19.0. The smallest absolute Gasteiger partial charge is 0.339 e. The van der Waals surface area contributed by atoms with Crippen molar-refractivity contribution in [3.05, 3.63) is 239 Å². The first-order chi connectivity index (χ1) is 56.5. The average molecular weight is 1670 g/mol. The number of carbonyl (C=O) groups excluding carboxylic acids is 7. The monoisotopic (exact) mass is 1670 g/mol. The Labute approximate surface area is 719 Å². The highest BCUT2D eigenvalue weighted by atomic mass is 16.6. The van der Waals surface area contributed by atoms with Crippen LogP contribution in [0.4, 0.5) is 0 Å². The van der Waals surface area contributed by atoms with Gasteiger partial charge in [0.25, 0.3) is 0 Å². The van der Waals surface area contributed by atoms with Crippen molar-refractivity contribution < 1.29 is 91.9 Å². The van der Waals surface area contributed by atoms with E-state index in [1.54, 1.807) is 0 Å². The minimum atomic E-state index is -1.18. The maximum absolute atomic E-state index is 14.1. The van der Waals surface area contributed by atoms with Crippen molar-refractivity contribution in [3.63, 3.8) is 0 Å². The number of hydrogen-bond donors (Lipinski definition) is 4. The second-order valence-corrected chi connectivity index (χ2v) is 32.7. The molecule has 0 fully saturated rings. The molecule has 0 spiro atoms. The van der Waals surface area contributed by atoms with E-state index in [4.69, 9.17) is 53.6 Å². The van der Waals surface area contributed by atoms with E-state index in [1.807, 2.05) is 291 Å². The van der Waals surface area contributed by atoms with Gasteiger partial charge < -0.3 is 53.6 Å². The Hall–Kier alpha value is -11.6. The Morgan fingerprint density at radius 3 is 0.648 bits per heavy atom. The Morgan fingerprint density at radius 1 is 0.303 bits per heavy atom. The zero-order valence-electron chi connectivity index (χ0n) is 71.4. The molecule has 0 unspecified atom stereocenters. The molecule has 0 saturated carbocycles. The fraction of sp³-hybridized carbons (Fsp3) is 0.379. The van der Waals surface area contributed by atoms with Gasteiger partial charge in [-0.3, -0.25) is 19.2 Å². The maximum Gasteiger partial charge on any atom is 0.339 e. The van der Waals surface area contributed by atoms with Crippen LogP contribution in [0.15, 0.2) is 194 Å². The summed E-state index contributed by atoms with van der Waals surface area (Å²) in [6.45, 7) is 28.8. The number of carboxylic acids is 1. The molecule has 19 nitrogen and oxygen atoms in total. The topological polar surface area (TPSA) is 282 Å². The van der Waals surface area contributed by atoms with Crippen LogP contribution in [0.3, 0.4) is 0 Å². The van der Waals surface area contributed by atoms with E-state index < -0.39 is 89.6 Å². The standard InChI is InChI=1S/C69H68O12.C22H22O4.C4H10.C3H8O3.C2H6.3CH4/c1-67(2,3)79-64(73)61-52-28-16-10-22-43(52)49(44-23-11-17-29-53(44)61)34-37-58(70)76-40-42(78-60(72)39-36-51-47-26-14-20-32-56(47)63(66(75)81-69(7,8)9)57-33-21-15-27-48(51)57)41-77-59(71)38-35-50-45-24-12-18-30-54(45)62(65(74)80-68(4,5)6)55-31-19-13-25-46(50)55;1-22(2,3)26-21(25)20-17-10-6-4-8-14(17)16(12-13-19(23)24)15-9-5-7-11-18(15)20;1-3-4-2;4-1-3(6)2-5;1-2;;;/h10-33,42H,34-41H2,1-9H3;4-11H,12-13H2,1-3H3,(H,23,24);3-4H2,1-2H3;3-6H,1-2H2;1-2H3;3*1H4. The summed E-state index contributed by atoms with van der Waals surface area (Å²) >= 11 is 0. The van der Waals surface area contributed by atoms with Crippen LogP contribution in [0.2, 0.25) is 0 Å². The molecule has 0 aliphatic rings. The van der Waals surface area contributed by atoms with E-state index in [0.29, 0.717) is 61.0 Å². The van der Waals surface area contributed by atoms with Gasteiger partial charge in [0, 0.05) is 25.7 Å². The lowest BCUT2D eigenvalue weighted by atomic mass is 9.89. The molecule has 19 heteroatoms. The summed E-state index contributed by atoms with van der Waals surface area (Å²) in [5, 5.41) is 45.4. The molecule has 0 atom stereocenters. The van der Waals surface area contributed by atoms with E-state index in [2.05, 4.69) is 13.8 Å². The summed E-state index contributed by atoms with van der Waals surface area (Å²) in [4.78, 5) is 107. The number of esters is 7. The van der Waals surface area contributed by atoms with Crippen LogP contribution in [0, 0.1) is 0 Å². The minimum Gasteiger partial charge on any atom is -0.481 e. The van der Waals surface area contributed by atoms with Crippen LogP contribution >= 0.6 is 0 Å². The summed E-state index contributed by atoms with van der Waals surface area (Å²) < 4.78 is 41.1. The zero-order valence-corrected chi connectivity index (χ0v) is 71.4. The van der Waals surface area contributed by atoms with Gasteiger partial charge in [-0.2, -0.15) is 0 Å². The third-order valence-corrected chi connectivity index (χ3v) is 19.0. The lowest BCUT2D eigenvalue weighted by Gasteiger charge is -2.22. The molecular weight excluding hydrogens is 1540 g/mol. The molecule has 0 radical (unpaired) electrons. The number of aliphatic hydroxyl groups is 3. The number of aliphatic hydroxyl groups excluding tert-OH is 3. The van der Waals surface area contributed by atoms with Crippen LogP contribution in [0.5, 0.6) is 0 Å². The molecule has 0 amide bonds. The van der Waals surface area contributed by atoms with Gasteiger partial charge in [0.15, 0.2) is 6.10 Å². The van der Waals surface area contributed by atoms with Crippen LogP contribution < -0.4 is 0 Å². The molecule has 12 aromatic rings. The third kappa shape index (κ3) is 26.9. The second-order valence-electron chi connectivity index (χ2n) is 32.7. The number of ether oxygens (including phenoxy) is 7. The van der Waals surface area contributed by atoms with Crippen molar-refractivity contribution >= 4 is 134 Å². The largest absolute Gasteiger partial charge is 0.481 e. The summed E-state index contributed by atoms with van der Waals surface area (Å²) in [6.07, 6.45) is 1.46. The molecule has 0 saturated heterocycles. The molecular formula is C103H126O19. The molecule has 652 valence electrons. The highest BCUT2D eigenvalue weighted by Gasteiger charge is 2.31. The molecule has 0 aliphatic carbocycles. The van der Waals surface area contributed by atoms with Crippen molar-refractivity contribution in [2.24, 2.45) is 0 Å². The number of carbonyl (C=O) groups is 8. The van der Waals surface area contributed by atoms with Crippen LogP contribution in [-0.2, 0) is 78.0 Å². The highest BCUT2D eigenvalue weighted by Crippen LogP contribution is 2.40. The van der Waals surface area contributed by atoms with E-state index in [-0.39, 0.29) is 86.4 Å². The molecule has 12 rings (SSSR count). The normalized spacial score (nSPS) is 11.3. The molecule has 0 bridgehead atoms. The van der Waals surface area contributed by atoms with Gasteiger partial charge in [-0.1, -0.05) is 257 Å². The molecule has 0 heterocycles. The Morgan fingerprint density at radius 2 is 0.484 bits per heavy atom. The van der Waals surface area contributed by atoms with Crippen LogP contribution in [0.25, 0.3) is 86.2 Å². The predicted molar refractivity (Wildman–Crippen MR) is 492 cm³/mol. The Balaban J connectivity index is 0.000000533. The van der Waals surface area contributed by atoms with Gasteiger partial charge >= 0.3 is 47.8 Å². The van der Waals surface area contributed by atoms with E-state index >= 15 is 0 Å². The lowest BCUT2D eigenvalue weighted by molar-refractivity contribution is -0.166. The summed E-state index contributed by atoms with van der Waals surface area (Å²) in [5.41, 5.74) is 2.55.